The number of carbonyl (C=O) groups excluding carboxylic acids is 1. The fourth-order valence-electron chi connectivity index (χ4n) is 2.82. The number of nitrogens with one attached hydrogen (secondary N) is 1. The number of morpholine rings is 1. The van der Waals surface area contributed by atoms with Crippen LogP contribution >= 0.6 is 11.6 Å². The SMILES string of the molecule is Cc1ccc(NC(=O)c2ccc(C)c(S(=O)(=O)N3CCOCC3)c2)cc1Cl. The summed E-state index contributed by atoms with van der Waals surface area (Å²) in [6.07, 6.45) is 0. The van der Waals surface area contributed by atoms with E-state index in [1.165, 1.54) is 10.4 Å². The number of sulfonamides is 1. The minimum absolute atomic E-state index is 0.138. The van der Waals surface area contributed by atoms with Crippen molar-refractivity contribution in [1.29, 1.82) is 0 Å². The highest BCUT2D eigenvalue weighted by Gasteiger charge is 2.28. The van der Waals surface area contributed by atoms with Gasteiger partial charge in [-0.2, -0.15) is 4.31 Å². The molecule has 144 valence electrons. The van der Waals surface area contributed by atoms with Crippen LogP contribution in [0.4, 0.5) is 5.69 Å². The molecule has 2 aromatic carbocycles. The number of hydrogen-bond acceptors (Lipinski definition) is 4. The van der Waals surface area contributed by atoms with Crippen LogP contribution in [0.3, 0.4) is 0 Å². The van der Waals surface area contributed by atoms with E-state index in [4.69, 9.17) is 16.3 Å². The third-order valence-corrected chi connectivity index (χ3v) is 6.92. The molecule has 0 atom stereocenters. The van der Waals surface area contributed by atoms with E-state index >= 15 is 0 Å². The van der Waals surface area contributed by atoms with E-state index in [9.17, 15) is 13.2 Å². The molecule has 1 saturated heterocycles. The summed E-state index contributed by atoms with van der Waals surface area (Å²) in [5.74, 6) is -0.395. The van der Waals surface area contributed by atoms with Gasteiger partial charge >= 0.3 is 0 Å². The number of anilines is 1. The van der Waals surface area contributed by atoms with Crippen LogP contribution in [0.5, 0.6) is 0 Å². The van der Waals surface area contributed by atoms with E-state index < -0.39 is 15.9 Å². The summed E-state index contributed by atoms with van der Waals surface area (Å²) in [6, 6.07) is 9.89. The lowest BCUT2D eigenvalue weighted by Gasteiger charge is -2.26. The molecule has 27 heavy (non-hydrogen) atoms. The zero-order valence-electron chi connectivity index (χ0n) is 15.2. The highest BCUT2D eigenvalue weighted by Crippen LogP contribution is 2.24. The van der Waals surface area contributed by atoms with Gasteiger partial charge in [0, 0.05) is 29.4 Å². The number of amides is 1. The van der Waals surface area contributed by atoms with Gasteiger partial charge in [-0.15, -0.1) is 0 Å². The maximum absolute atomic E-state index is 12.9. The molecular weight excluding hydrogens is 388 g/mol. The Kier molecular flexibility index (Phi) is 5.86. The highest BCUT2D eigenvalue weighted by molar-refractivity contribution is 7.89. The summed E-state index contributed by atoms with van der Waals surface area (Å²) >= 11 is 6.09. The maximum atomic E-state index is 12.9. The van der Waals surface area contributed by atoms with Crippen molar-refractivity contribution >= 4 is 33.2 Å². The predicted octanol–water partition coefficient (Wildman–Crippen LogP) is 3.23. The van der Waals surface area contributed by atoms with Crippen LogP contribution in [0.2, 0.25) is 5.02 Å². The fourth-order valence-corrected chi connectivity index (χ4v) is 4.66. The number of benzene rings is 2. The highest BCUT2D eigenvalue weighted by atomic mass is 35.5. The number of carbonyl (C=O) groups is 1. The van der Waals surface area contributed by atoms with Crippen molar-refractivity contribution in [2.75, 3.05) is 31.6 Å². The normalized spacial score (nSPS) is 15.5. The first-order chi connectivity index (χ1) is 12.8. The molecule has 0 bridgehead atoms. The van der Waals surface area contributed by atoms with E-state index in [0.717, 1.165) is 5.56 Å². The lowest BCUT2D eigenvalue weighted by molar-refractivity contribution is 0.0730. The molecular formula is C19H21ClN2O4S. The van der Waals surface area contributed by atoms with Gasteiger partial charge in [-0.25, -0.2) is 8.42 Å². The van der Waals surface area contributed by atoms with E-state index in [1.807, 2.05) is 6.92 Å². The van der Waals surface area contributed by atoms with E-state index in [-0.39, 0.29) is 10.5 Å². The Bertz CT molecular complexity index is 970. The molecule has 0 saturated carbocycles. The fraction of sp³-hybridized carbons (Fsp3) is 0.316. The zero-order chi connectivity index (χ0) is 19.6. The summed E-state index contributed by atoms with van der Waals surface area (Å²) in [6.45, 7) is 4.94. The van der Waals surface area contributed by atoms with E-state index in [0.29, 0.717) is 42.6 Å². The molecule has 1 N–H and O–H groups in total. The molecule has 0 radical (unpaired) electrons. The molecule has 1 fully saturated rings. The third-order valence-electron chi connectivity index (χ3n) is 4.47. The number of halogens is 1. The quantitative estimate of drug-likeness (QED) is 0.842. The molecule has 0 unspecified atom stereocenters. The van der Waals surface area contributed by atoms with Gasteiger partial charge in [-0.05, 0) is 49.2 Å². The second-order valence-corrected chi connectivity index (χ2v) is 8.73. The summed E-state index contributed by atoms with van der Waals surface area (Å²) in [5, 5.41) is 3.30. The van der Waals surface area contributed by atoms with Gasteiger partial charge in [0.1, 0.15) is 0 Å². The Morgan fingerprint density at radius 3 is 2.41 bits per heavy atom. The van der Waals surface area contributed by atoms with Crippen LogP contribution in [0.25, 0.3) is 0 Å². The lowest BCUT2D eigenvalue weighted by atomic mass is 10.1. The van der Waals surface area contributed by atoms with Crippen molar-refractivity contribution in [2.24, 2.45) is 0 Å². The smallest absolute Gasteiger partial charge is 0.255 e. The van der Waals surface area contributed by atoms with Gasteiger partial charge < -0.3 is 10.1 Å². The van der Waals surface area contributed by atoms with Gasteiger partial charge in [-0.3, -0.25) is 4.79 Å². The molecule has 1 heterocycles. The van der Waals surface area contributed by atoms with Crippen molar-refractivity contribution in [1.82, 2.24) is 4.31 Å². The Balaban J connectivity index is 1.88. The second-order valence-electron chi connectivity index (χ2n) is 6.41. The van der Waals surface area contributed by atoms with Crippen LogP contribution in [0.1, 0.15) is 21.5 Å². The minimum Gasteiger partial charge on any atom is -0.379 e. The van der Waals surface area contributed by atoms with Crippen molar-refractivity contribution in [3.05, 3.63) is 58.1 Å². The minimum atomic E-state index is -3.68. The molecule has 0 aromatic heterocycles. The molecule has 1 amide bonds. The monoisotopic (exact) mass is 408 g/mol. The zero-order valence-corrected chi connectivity index (χ0v) is 16.7. The van der Waals surface area contributed by atoms with Gasteiger partial charge in [0.25, 0.3) is 5.91 Å². The first-order valence-corrected chi connectivity index (χ1v) is 10.4. The molecule has 1 aliphatic rings. The largest absolute Gasteiger partial charge is 0.379 e. The summed E-state index contributed by atoms with van der Waals surface area (Å²) < 4.78 is 32.5. The molecule has 0 spiro atoms. The van der Waals surface area contributed by atoms with Gasteiger partial charge in [0.15, 0.2) is 0 Å². The molecule has 1 aliphatic heterocycles. The molecule has 3 rings (SSSR count). The van der Waals surface area contributed by atoms with Gasteiger partial charge in [-0.1, -0.05) is 23.7 Å². The number of rotatable bonds is 4. The molecule has 0 aliphatic carbocycles. The van der Waals surface area contributed by atoms with Crippen molar-refractivity contribution < 1.29 is 17.9 Å². The van der Waals surface area contributed by atoms with E-state index in [2.05, 4.69) is 5.32 Å². The number of nitrogens with zero attached hydrogens (tertiary/aromatic N) is 1. The summed E-state index contributed by atoms with van der Waals surface area (Å²) in [5.41, 5.74) is 2.32. The van der Waals surface area contributed by atoms with Crippen LogP contribution < -0.4 is 5.32 Å². The number of hydrogen-bond donors (Lipinski definition) is 1. The Morgan fingerprint density at radius 2 is 1.74 bits per heavy atom. The lowest BCUT2D eigenvalue weighted by Crippen LogP contribution is -2.40. The first kappa shape index (κ1) is 19.8. The van der Waals surface area contributed by atoms with Crippen LogP contribution in [0.15, 0.2) is 41.3 Å². The Morgan fingerprint density at radius 1 is 1.07 bits per heavy atom. The number of ether oxygens (including phenoxy) is 1. The van der Waals surface area contributed by atoms with Crippen molar-refractivity contribution in [3.8, 4) is 0 Å². The van der Waals surface area contributed by atoms with E-state index in [1.54, 1.807) is 37.3 Å². The van der Waals surface area contributed by atoms with Crippen LogP contribution in [-0.2, 0) is 14.8 Å². The Labute approximate surface area is 164 Å². The van der Waals surface area contributed by atoms with Gasteiger partial charge in [0.05, 0.1) is 18.1 Å². The average Bonchev–Trinajstić information content (AvgIpc) is 2.65. The maximum Gasteiger partial charge on any atom is 0.255 e. The predicted molar refractivity (Wildman–Crippen MR) is 105 cm³/mol. The second kappa shape index (κ2) is 7.98. The molecule has 6 nitrogen and oxygen atoms in total. The van der Waals surface area contributed by atoms with Gasteiger partial charge in [0.2, 0.25) is 10.0 Å². The van der Waals surface area contributed by atoms with Crippen LogP contribution in [-0.4, -0.2) is 44.9 Å². The summed E-state index contributed by atoms with van der Waals surface area (Å²) in [4.78, 5) is 12.7. The first-order valence-electron chi connectivity index (χ1n) is 8.55. The van der Waals surface area contributed by atoms with Crippen molar-refractivity contribution in [3.63, 3.8) is 0 Å². The third kappa shape index (κ3) is 4.32. The summed E-state index contributed by atoms with van der Waals surface area (Å²) in [7, 11) is -3.68. The standard InChI is InChI=1S/C19H21ClN2O4S/c1-13-4-6-16(12-17(13)20)21-19(23)15-5-3-14(2)18(11-15)27(24,25)22-7-9-26-10-8-22/h3-6,11-12H,7-10H2,1-2H3,(H,21,23). The molecule has 2 aromatic rings. The van der Waals surface area contributed by atoms with Crippen molar-refractivity contribution in [2.45, 2.75) is 18.7 Å². The number of aryl methyl sites for hydroxylation is 2. The Hall–Kier alpha value is -1.93. The molecule has 8 heteroatoms. The van der Waals surface area contributed by atoms with Crippen LogP contribution in [0, 0.1) is 13.8 Å². The average molecular weight is 409 g/mol. The topological polar surface area (TPSA) is 75.7 Å².